The van der Waals surface area contributed by atoms with E-state index in [-0.39, 0.29) is 11.8 Å². The van der Waals surface area contributed by atoms with E-state index in [2.05, 4.69) is 19.2 Å². The third-order valence-electron chi connectivity index (χ3n) is 4.42. The first-order valence-corrected chi connectivity index (χ1v) is 9.15. The van der Waals surface area contributed by atoms with Crippen LogP contribution in [0, 0.1) is 0 Å². The lowest BCUT2D eigenvalue weighted by Crippen LogP contribution is -2.33. The summed E-state index contributed by atoms with van der Waals surface area (Å²) in [6.45, 7) is 6.81. The number of para-hydroxylation sites is 1. The van der Waals surface area contributed by atoms with Crippen LogP contribution in [-0.2, 0) is 16.0 Å². The molecule has 2 amide bonds. The van der Waals surface area contributed by atoms with Crippen molar-refractivity contribution in [2.75, 3.05) is 18.4 Å². The molecule has 0 saturated carbocycles. The Labute approximate surface area is 156 Å². The van der Waals surface area contributed by atoms with E-state index in [1.54, 1.807) is 11.8 Å². The van der Waals surface area contributed by atoms with Gasteiger partial charge >= 0.3 is 0 Å². The molecular formula is C22H28N2O2. The SMILES string of the molecule is CC(=O)N(CCC(=O)Nc1ccccc1C(C)C)CCc1ccccc1. The van der Waals surface area contributed by atoms with Crippen molar-refractivity contribution in [1.29, 1.82) is 0 Å². The average Bonchev–Trinajstić information content (AvgIpc) is 2.62. The molecule has 0 aliphatic rings. The normalized spacial score (nSPS) is 10.6. The number of carbonyl (C=O) groups is 2. The van der Waals surface area contributed by atoms with E-state index in [4.69, 9.17) is 0 Å². The summed E-state index contributed by atoms with van der Waals surface area (Å²) in [5.74, 6) is 0.270. The van der Waals surface area contributed by atoms with Crippen LogP contribution < -0.4 is 5.32 Å². The highest BCUT2D eigenvalue weighted by Gasteiger charge is 2.13. The van der Waals surface area contributed by atoms with Crippen LogP contribution >= 0.6 is 0 Å². The molecule has 1 N–H and O–H groups in total. The van der Waals surface area contributed by atoms with Crippen molar-refractivity contribution in [2.24, 2.45) is 0 Å². The summed E-state index contributed by atoms with van der Waals surface area (Å²) >= 11 is 0. The minimum absolute atomic E-state index is 0.00342. The minimum atomic E-state index is -0.0657. The van der Waals surface area contributed by atoms with E-state index in [1.165, 1.54) is 5.56 Å². The van der Waals surface area contributed by atoms with Gasteiger partial charge in [0, 0.05) is 32.1 Å². The fourth-order valence-electron chi connectivity index (χ4n) is 2.90. The molecule has 2 aromatic rings. The topological polar surface area (TPSA) is 49.4 Å². The Balaban J connectivity index is 1.88. The Kier molecular flexibility index (Phi) is 7.39. The van der Waals surface area contributed by atoms with Crippen molar-refractivity contribution in [2.45, 2.75) is 39.5 Å². The van der Waals surface area contributed by atoms with E-state index in [1.807, 2.05) is 54.6 Å². The molecule has 138 valence electrons. The zero-order valence-corrected chi connectivity index (χ0v) is 15.9. The Morgan fingerprint density at radius 3 is 2.27 bits per heavy atom. The predicted molar refractivity (Wildman–Crippen MR) is 106 cm³/mol. The molecule has 0 aliphatic heterocycles. The number of anilines is 1. The van der Waals surface area contributed by atoms with Crippen LogP contribution in [0.3, 0.4) is 0 Å². The maximum atomic E-state index is 12.3. The highest BCUT2D eigenvalue weighted by Crippen LogP contribution is 2.23. The maximum absolute atomic E-state index is 12.3. The summed E-state index contributed by atoms with van der Waals surface area (Å²) in [6.07, 6.45) is 1.08. The first-order valence-electron chi connectivity index (χ1n) is 9.15. The van der Waals surface area contributed by atoms with Gasteiger partial charge < -0.3 is 10.2 Å². The average molecular weight is 352 g/mol. The van der Waals surface area contributed by atoms with Gasteiger partial charge in [0.15, 0.2) is 0 Å². The van der Waals surface area contributed by atoms with Gasteiger partial charge in [0.25, 0.3) is 0 Å². The number of hydrogen-bond donors (Lipinski definition) is 1. The highest BCUT2D eigenvalue weighted by molar-refractivity contribution is 5.92. The summed E-state index contributed by atoms with van der Waals surface area (Å²) < 4.78 is 0. The number of benzene rings is 2. The summed E-state index contributed by atoms with van der Waals surface area (Å²) in [5, 5.41) is 2.98. The van der Waals surface area contributed by atoms with E-state index >= 15 is 0 Å². The second-order valence-corrected chi connectivity index (χ2v) is 6.78. The molecule has 26 heavy (non-hydrogen) atoms. The molecule has 4 heteroatoms. The van der Waals surface area contributed by atoms with Crippen LogP contribution in [0.15, 0.2) is 54.6 Å². The Hall–Kier alpha value is -2.62. The molecule has 0 spiro atoms. The fraction of sp³-hybridized carbons (Fsp3) is 0.364. The van der Waals surface area contributed by atoms with E-state index in [9.17, 15) is 9.59 Å². The first kappa shape index (κ1) is 19.7. The van der Waals surface area contributed by atoms with Gasteiger partial charge in [0.2, 0.25) is 11.8 Å². The molecule has 0 radical (unpaired) electrons. The highest BCUT2D eigenvalue weighted by atomic mass is 16.2. The quantitative estimate of drug-likeness (QED) is 0.773. The second-order valence-electron chi connectivity index (χ2n) is 6.78. The van der Waals surface area contributed by atoms with Crippen molar-refractivity contribution in [3.05, 3.63) is 65.7 Å². The van der Waals surface area contributed by atoms with Crippen molar-refractivity contribution >= 4 is 17.5 Å². The van der Waals surface area contributed by atoms with Gasteiger partial charge in [-0.1, -0.05) is 62.4 Å². The van der Waals surface area contributed by atoms with Gasteiger partial charge in [0.05, 0.1) is 0 Å². The van der Waals surface area contributed by atoms with Crippen LogP contribution in [0.5, 0.6) is 0 Å². The van der Waals surface area contributed by atoms with Gasteiger partial charge in [-0.05, 0) is 29.5 Å². The Bertz CT molecular complexity index is 726. The van der Waals surface area contributed by atoms with Crippen LogP contribution in [0.2, 0.25) is 0 Å². The maximum Gasteiger partial charge on any atom is 0.226 e. The summed E-state index contributed by atoms with van der Waals surface area (Å²) in [7, 11) is 0. The molecule has 0 heterocycles. The van der Waals surface area contributed by atoms with Crippen molar-refractivity contribution in [3.8, 4) is 0 Å². The zero-order chi connectivity index (χ0) is 18.9. The largest absolute Gasteiger partial charge is 0.342 e. The second kappa shape index (κ2) is 9.76. The van der Waals surface area contributed by atoms with Gasteiger partial charge in [0.1, 0.15) is 0 Å². The lowest BCUT2D eigenvalue weighted by molar-refractivity contribution is -0.129. The molecule has 0 aliphatic carbocycles. The van der Waals surface area contributed by atoms with E-state index < -0.39 is 0 Å². The van der Waals surface area contributed by atoms with Crippen LogP contribution in [0.25, 0.3) is 0 Å². The van der Waals surface area contributed by atoms with Gasteiger partial charge in [-0.25, -0.2) is 0 Å². The molecule has 0 fully saturated rings. The summed E-state index contributed by atoms with van der Waals surface area (Å²) in [5.41, 5.74) is 3.16. The molecule has 2 aromatic carbocycles. The molecule has 2 rings (SSSR count). The molecule has 0 atom stereocenters. The summed E-state index contributed by atoms with van der Waals surface area (Å²) in [6, 6.07) is 17.9. The monoisotopic (exact) mass is 352 g/mol. The van der Waals surface area contributed by atoms with Crippen molar-refractivity contribution < 1.29 is 9.59 Å². The number of nitrogens with zero attached hydrogens (tertiary/aromatic N) is 1. The van der Waals surface area contributed by atoms with Crippen LogP contribution in [0.4, 0.5) is 5.69 Å². The molecule has 0 saturated heterocycles. The number of carbonyl (C=O) groups excluding carboxylic acids is 2. The van der Waals surface area contributed by atoms with Crippen LogP contribution in [0.1, 0.15) is 44.2 Å². The first-order chi connectivity index (χ1) is 12.5. The minimum Gasteiger partial charge on any atom is -0.342 e. The molecule has 0 aromatic heterocycles. The molecule has 0 bridgehead atoms. The zero-order valence-electron chi connectivity index (χ0n) is 15.9. The van der Waals surface area contributed by atoms with Gasteiger partial charge in [-0.3, -0.25) is 9.59 Å². The lowest BCUT2D eigenvalue weighted by atomic mass is 10.0. The fourth-order valence-corrected chi connectivity index (χ4v) is 2.90. The lowest BCUT2D eigenvalue weighted by Gasteiger charge is -2.21. The number of nitrogens with one attached hydrogen (secondary N) is 1. The van der Waals surface area contributed by atoms with Crippen LogP contribution in [-0.4, -0.2) is 29.8 Å². The Morgan fingerprint density at radius 1 is 0.962 bits per heavy atom. The van der Waals surface area contributed by atoms with Gasteiger partial charge in [-0.2, -0.15) is 0 Å². The van der Waals surface area contributed by atoms with E-state index in [0.29, 0.717) is 25.4 Å². The summed E-state index contributed by atoms with van der Waals surface area (Å²) in [4.78, 5) is 26.0. The smallest absolute Gasteiger partial charge is 0.226 e. The molecule has 4 nitrogen and oxygen atoms in total. The molecular weight excluding hydrogens is 324 g/mol. The van der Waals surface area contributed by atoms with E-state index in [0.717, 1.165) is 17.7 Å². The van der Waals surface area contributed by atoms with Crippen molar-refractivity contribution in [1.82, 2.24) is 4.90 Å². The number of hydrogen-bond acceptors (Lipinski definition) is 2. The van der Waals surface area contributed by atoms with Crippen molar-refractivity contribution in [3.63, 3.8) is 0 Å². The predicted octanol–water partition coefficient (Wildman–Crippen LogP) is 4.23. The Morgan fingerprint density at radius 2 is 1.62 bits per heavy atom. The standard InChI is InChI=1S/C22H28N2O2/c1-17(2)20-11-7-8-12-21(20)23-22(26)14-16-24(18(3)25)15-13-19-9-5-4-6-10-19/h4-12,17H,13-16H2,1-3H3,(H,23,26). The molecule has 0 unspecified atom stereocenters. The number of rotatable bonds is 8. The number of amides is 2. The third kappa shape index (κ3) is 6.03. The van der Waals surface area contributed by atoms with Gasteiger partial charge in [-0.15, -0.1) is 0 Å². The third-order valence-corrected chi connectivity index (χ3v) is 4.42.